The lowest BCUT2D eigenvalue weighted by molar-refractivity contribution is 0.100. The summed E-state index contributed by atoms with van der Waals surface area (Å²) in [5.41, 5.74) is 25.1. The molecule has 0 spiro atoms. The van der Waals surface area contributed by atoms with Crippen molar-refractivity contribution >= 4 is 46.5 Å². The van der Waals surface area contributed by atoms with Crippen molar-refractivity contribution in [1.82, 2.24) is 9.13 Å². The van der Waals surface area contributed by atoms with E-state index in [0.29, 0.717) is 59.1 Å². The molecule has 12 nitrogen and oxygen atoms in total. The SMILES string of the molecule is CC(C)CCn1cc(N=C(N)N)cc1C(=O)Nc1ccc(NC(=O)c2cc(N=C(N)N)cn2CCC(C)C)cc1. The summed E-state index contributed by atoms with van der Waals surface area (Å²) in [4.78, 5) is 34.4. The van der Waals surface area contributed by atoms with Gasteiger partial charge in [-0.3, -0.25) is 9.59 Å². The van der Waals surface area contributed by atoms with Crippen LogP contribution in [0.5, 0.6) is 0 Å². The molecular formula is C28H40N10O2. The van der Waals surface area contributed by atoms with E-state index in [-0.39, 0.29) is 23.7 Å². The van der Waals surface area contributed by atoms with Crippen molar-refractivity contribution in [2.45, 2.75) is 53.6 Å². The standard InChI is InChI=1S/C28H40N10O2/c1-17(2)9-11-37-15-21(35-27(29)30)13-23(37)25(39)33-19-5-7-20(8-6-19)34-26(40)24-14-22(36-28(31)32)16-38(24)12-10-18(3)4/h5-8,13-18H,9-12H2,1-4H3,(H,33,39)(H,34,40)(H4,29,30,35)(H4,31,32,36). The van der Waals surface area contributed by atoms with E-state index in [2.05, 4.69) is 48.3 Å². The van der Waals surface area contributed by atoms with Crippen LogP contribution in [0.4, 0.5) is 22.7 Å². The van der Waals surface area contributed by atoms with Crippen LogP contribution in [0, 0.1) is 11.8 Å². The Labute approximate surface area is 234 Å². The van der Waals surface area contributed by atoms with Gasteiger partial charge in [-0.15, -0.1) is 0 Å². The average Bonchev–Trinajstić information content (AvgIpc) is 3.45. The van der Waals surface area contributed by atoms with Crippen LogP contribution in [0.1, 0.15) is 61.5 Å². The summed E-state index contributed by atoms with van der Waals surface area (Å²) in [7, 11) is 0. The maximum atomic E-state index is 13.1. The van der Waals surface area contributed by atoms with Crippen LogP contribution in [-0.2, 0) is 13.1 Å². The quantitative estimate of drug-likeness (QED) is 0.147. The van der Waals surface area contributed by atoms with E-state index in [0.717, 1.165) is 12.8 Å². The Morgan fingerprint density at radius 2 is 1.05 bits per heavy atom. The van der Waals surface area contributed by atoms with Gasteiger partial charge >= 0.3 is 0 Å². The molecule has 0 atom stereocenters. The second kappa shape index (κ2) is 13.4. The monoisotopic (exact) mass is 548 g/mol. The van der Waals surface area contributed by atoms with E-state index in [4.69, 9.17) is 22.9 Å². The molecule has 214 valence electrons. The number of anilines is 2. The molecule has 2 aromatic heterocycles. The number of benzene rings is 1. The van der Waals surface area contributed by atoms with Crippen molar-refractivity contribution in [3.05, 3.63) is 60.2 Å². The third-order valence-corrected chi connectivity index (χ3v) is 6.04. The zero-order chi connectivity index (χ0) is 29.4. The maximum Gasteiger partial charge on any atom is 0.272 e. The Morgan fingerprint density at radius 1 is 0.700 bits per heavy atom. The summed E-state index contributed by atoms with van der Waals surface area (Å²) in [5, 5.41) is 5.79. The van der Waals surface area contributed by atoms with E-state index in [1.807, 2.05) is 9.13 Å². The van der Waals surface area contributed by atoms with Crippen molar-refractivity contribution < 1.29 is 9.59 Å². The number of nitrogens with two attached hydrogens (primary N) is 4. The molecule has 0 aliphatic carbocycles. The molecule has 0 fully saturated rings. The number of nitrogens with one attached hydrogen (secondary N) is 2. The number of aliphatic imine (C=N–C) groups is 2. The van der Waals surface area contributed by atoms with E-state index in [1.165, 1.54) is 0 Å². The molecule has 0 saturated carbocycles. The topological polar surface area (TPSA) is 197 Å². The first-order valence-corrected chi connectivity index (χ1v) is 13.2. The predicted octanol–water partition coefficient (Wildman–Crippen LogP) is 3.70. The maximum absolute atomic E-state index is 13.1. The first-order valence-electron chi connectivity index (χ1n) is 13.2. The Morgan fingerprint density at radius 3 is 1.35 bits per heavy atom. The molecule has 40 heavy (non-hydrogen) atoms. The highest BCUT2D eigenvalue weighted by molar-refractivity contribution is 6.05. The predicted molar refractivity (Wildman–Crippen MR) is 161 cm³/mol. The number of nitrogens with zero attached hydrogens (tertiary/aromatic N) is 4. The fourth-order valence-electron chi connectivity index (χ4n) is 3.98. The Bertz CT molecular complexity index is 1270. The molecule has 0 bridgehead atoms. The van der Waals surface area contributed by atoms with Gasteiger partial charge in [0.05, 0.1) is 11.4 Å². The van der Waals surface area contributed by atoms with Crippen molar-refractivity contribution in [1.29, 1.82) is 0 Å². The van der Waals surface area contributed by atoms with Crippen LogP contribution in [-0.4, -0.2) is 32.9 Å². The zero-order valence-corrected chi connectivity index (χ0v) is 23.5. The molecule has 2 amide bonds. The zero-order valence-electron chi connectivity index (χ0n) is 23.5. The minimum atomic E-state index is -0.298. The van der Waals surface area contributed by atoms with Gasteiger partial charge in [0.1, 0.15) is 11.4 Å². The molecule has 0 aliphatic rings. The Balaban J connectivity index is 1.73. The third-order valence-electron chi connectivity index (χ3n) is 6.04. The Kier molecular flexibility index (Phi) is 9.96. The molecule has 10 N–H and O–H groups in total. The number of hydrogen-bond acceptors (Lipinski definition) is 4. The van der Waals surface area contributed by atoms with Gasteiger partial charge in [0.2, 0.25) is 0 Å². The van der Waals surface area contributed by atoms with Crippen molar-refractivity contribution in [2.24, 2.45) is 44.8 Å². The number of amides is 2. The number of aromatic nitrogens is 2. The molecule has 0 radical (unpaired) electrons. The fraction of sp³-hybridized carbons (Fsp3) is 0.357. The first kappa shape index (κ1) is 29.8. The minimum Gasteiger partial charge on any atom is -0.370 e. The van der Waals surface area contributed by atoms with E-state index < -0.39 is 0 Å². The molecular weight excluding hydrogens is 508 g/mol. The summed E-state index contributed by atoms with van der Waals surface area (Å²) >= 11 is 0. The summed E-state index contributed by atoms with van der Waals surface area (Å²) < 4.78 is 3.69. The van der Waals surface area contributed by atoms with Gasteiger partial charge in [0, 0.05) is 36.9 Å². The van der Waals surface area contributed by atoms with Crippen LogP contribution in [0.3, 0.4) is 0 Å². The number of hydrogen-bond donors (Lipinski definition) is 6. The summed E-state index contributed by atoms with van der Waals surface area (Å²) in [6, 6.07) is 10.2. The van der Waals surface area contributed by atoms with Gasteiger partial charge in [-0.1, -0.05) is 27.7 Å². The van der Waals surface area contributed by atoms with Gasteiger partial charge in [-0.25, -0.2) is 9.98 Å². The van der Waals surface area contributed by atoms with Gasteiger partial charge in [-0.05, 0) is 61.1 Å². The highest BCUT2D eigenvalue weighted by Crippen LogP contribution is 2.23. The molecule has 2 heterocycles. The van der Waals surface area contributed by atoms with Crippen molar-refractivity contribution in [2.75, 3.05) is 10.6 Å². The first-order chi connectivity index (χ1) is 18.9. The normalized spacial score (nSPS) is 10.9. The van der Waals surface area contributed by atoms with E-state index in [9.17, 15) is 9.59 Å². The van der Waals surface area contributed by atoms with Crippen LogP contribution in [0.2, 0.25) is 0 Å². The summed E-state index contributed by atoms with van der Waals surface area (Å²) in [6.45, 7) is 9.77. The highest BCUT2D eigenvalue weighted by atomic mass is 16.2. The average molecular weight is 549 g/mol. The summed E-state index contributed by atoms with van der Waals surface area (Å²) in [6.07, 6.45) is 5.29. The molecule has 0 unspecified atom stereocenters. The molecule has 3 aromatic rings. The van der Waals surface area contributed by atoms with Crippen LogP contribution in [0.15, 0.2) is 58.8 Å². The lowest BCUT2D eigenvalue weighted by Gasteiger charge is -2.12. The lowest BCUT2D eigenvalue weighted by atomic mass is 10.1. The number of guanidine groups is 2. The minimum absolute atomic E-state index is 0.0785. The number of rotatable bonds is 12. The van der Waals surface area contributed by atoms with E-state index >= 15 is 0 Å². The van der Waals surface area contributed by atoms with Gasteiger partial charge in [0.15, 0.2) is 11.9 Å². The second-order valence-electron chi connectivity index (χ2n) is 10.5. The summed E-state index contributed by atoms with van der Waals surface area (Å²) in [5.74, 6) is 0.170. The third kappa shape index (κ3) is 8.65. The number of carbonyl (C=O) groups is 2. The largest absolute Gasteiger partial charge is 0.370 e. The van der Waals surface area contributed by atoms with Gasteiger partial charge in [0.25, 0.3) is 11.8 Å². The number of aryl methyl sites for hydroxylation is 2. The molecule has 1 aromatic carbocycles. The van der Waals surface area contributed by atoms with Crippen LogP contribution >= 0.6 is 0 Å². The molecule has 3 rings (SSSR count). The Hall–Kier alpha value is -4.74. The van der Waals surface area contributed by atoms with Crippen molar-refractivity contribution in [3.63, 3.8) is 0 Å². The van der Waals surface area contributed by atoms with E-state index in [1.54, 1.807) is 48.8 Å². The van der Waals surface area contributed by atoms with Gasteiger partial charge in [-0.2, -0.15) is 0 Å². The smallest absolute Gasteiger partial charge is 0.272 e. The second-order valence-corrected chi connectivity index (χ2v) is 10.5. The molecule has 12 heteroatoms. The van der Waals surface area contributed by atoms with Crippen molar-refractivity contribution in [3.8, 4) is 0 Å². The molecule has 0 aliphatic heterocycles. The van der Waals surface area contributed by atoms with Crippen LogP contribution in [0.25, 0.3) is 0 Å². The van der Waals surface area contributed by atoms with Gasteiger partial charge < -0.3 is 42.7 Å². The highest BCUT2D eigenvalue weighted by Gasteiger charge is 2.17. The lowest BCUT2D eigenvalue weighted by Crippen LogP contribution is -2.21. The molecule has 0 saturated heterocycles. The van der Waals surface area contributed by atoms with Crippen LogP contribution < -0.4 is 33.6 Å². The fourth-order valence-corrected chi connectivity index (χ4v) is 3.98. The number of carbonyl (C=O) groups excluding carboxylic acids is 2.